The highest BCUT2D eigenvalue weighted by atomic mass is 32.2. The van der Waals surface area contributed by atoms with E-state index in [0.29, 0.717) is 24.4 Å². The van der Waals surface area contributed by atoms with Gasteiger partial charge in [0.1, 0.15) is 5.82 Å². The van der Waals surface area contributed by atoms with Gasteiger partial charge in [-0.1, -0.05) is 36.8 Å². The van der Waals surface area contributed by atoms with Crippen molar-refractivity contribution >= 4 is 43.5 Å². The summed E-state index contributed by atoms with van der Waals surface area (Å²) >= 11 is 3.13. The summed E-state index contributed by atoms with van der Waals surface area (Å²) in [7, 11) is -3.47. The van der Waals surface area contributed by atoms with Gasteiger partial charge in [0, 0.05) is 30.5 Å². The average Bonchev–Trinajstić information content (AvgIpc) is 3.70. The second kappa shape index (κ2) is 10.1. The Labute approximate surface area is 223 Å². The van der Waals surface area contributed by atoms with Gasteiger partial charge in [-0.05, 0) is 54.1 Å². The molecule has 6 rings (SSSR count). The van der Waals surface area contributed by atoms with Crippen LogP contribution in [0.25, 0.3) is 11.3 Å². The first-order valence-corrected chi connectivity index (χ1v) is 15.4. The predicted molar refractivity (Wildman–Crippen MR) is 147 cm³/mol. The molecule has 37 heavy (non-hydrogen) atoms. The number of halogens is 1. The van der Waals surface area contributed by atoms with Crippen LogP contribution in [0.1, 0.15) is 42.2 Å². The van der Waals surface area contributed by atoms with Gasteiger partial charge in [-0.3, -0.25) is 0 Å². The summed E-state index contributed by atoms with van der Waals surface area (Å²) in [5.41, 5.74) is 3.56. The molecule has 2 aliphatic heterocycles. The molecular formula is C27H25FN4O2S3. The van der Waals surface area contributed by atoms with E-state index in [4.69, 9.17) is 10.1 Å². The molecule has 1 atom stereocenters. The number of hydrogen-bond acceptors (Lipinski definition) is 7. The van der Waals surface area contributed by atoms with Gasteiger partial charge in [0.25, 0.3) is 0 Å². The van der Waals surface area contributed by atoms with E-state index in [0.717, 1.165) is 51.8 Å². The van der Waals surface area contributed by atoms with Gasteiger partial charge in [-0.15, -0.1) is 22.7 Å². The zero-order chi connectivity index (χ0) is 25.4. The molecule has 4 heterocycles. The van der Waals surface area contributed by atoms with Crippen LogP contribution in [0.2, 0.25) is 0 Å². The van der Waals surface area contributed by atoms with E-state index in [-0.39, 0.29) is 11.9 Å². The molecule has 10 heteroatoms. The largest absolute Gasteiger partial charge is 0.243 e. The number of hydrazone groups is 1. The lowest BCUT2D eigenvalue weighted by atomic mass is 10.0. The lowest BCUT2D eigenvalue weighted by molar-refractivity contribution is 0.346. The van der Waals surface area contributed by atoms with E-state index >= 15 is 0 Å². The zero-order valence-electron chi connectivity index (χ0n) is 20.0. The summed E-state index contributed by atoms with van der Waals surface area (Å²) in [6.07, 6.45) is 3.59. The molecule has 0 spiro atoms. The number of hydrogen-bond donors (Lipinski definition) is 0. The zero-order valence-corrected chi connectivity index (χ0v) is 22.4. The van der Waals surface area contributed by atoms with Crippen molar-refractivity contribution < 1.29 is 12.8 Å². The summed E-state index contributed by atoms with van der Waals surface area (Å²) in [4.78, 5) is 6.28. The third kappa shape index (κ3) is 4.86. The fraction of sp³-hybridized carbons (Fsp3) is 0.259. The third-order valence-corrected chi connectivity index (χ3v) is 10.4. The highest BCUT2D eigenvalue weighted by molar-refractivity contribution is 7.89. The second-order valence-electron chi connectivity index (χ2n) is 9.14. The number of piperidine rings is 1. The van der Waals surface area contributed by atoms with Crippen LogP contribution in [0.4, 0.5) is 9.52 Å². The molecule has 0 N–H and O–H groups in total. The molecule has 0 amide bonds. The number of anilines is 1. The molecule has 190 valence electrons. The molecule has 0 unspecified atom stereocenters. The Morgan fingerprint density at radius 1 is 0.919 bits per heavy atom. The minimum absolute atomic E-state index is 0.0891. The van der Waals surface area contributed by atoms with Crippen molar-refractivity contribution in [2.45, 2.75) is 36.6 Å². The normalized spacial score (nSPS) is 18.8. The lowest BCUT2D eigenvalue weighted by Gasteiger charge is -2.25. The first-order chi connectivity index (χ1) is 18.0. The van der Waals surface area contributed by atoms with E-state index in [2.05, 4.69) is 6.07 Å². The Kier molecular flexibility index (Phi) is 6.66. The first-order valence-electron chi connectivity index (χ1n) is 12.2. The van der Waals surface area contributed by atoms with E-state index in [1.807, 2.05) is 34.0 Å². The monoisotopic (exact) mass is 552 g/mol. The van der Waals surface area contributed by atoms with Crippen LogP contribution in [-0.2, 0) is 10.0 Å². The standard InChI is InChI=1S/C27H25FN4O2S3/c28-21-10-6-20(7-11-21)25-17-23(26-5-4-16-35-26)30-32(25)27-29-24(18-36-27)19-8-12-22(13-9-19)37(33,34)31-14-2-1-3-15-31/h4-13,16,18,25H,1-3,14-15,17H2/t25-/m1/s1. The molecule has 0 aliphatic carbocycles. The van der Waals surface area contributed by atoms with Crippen LogP contribution in [0, 0.1) is 5.82 Å². The second-order valence-corrected chi connectivity index (χ2v) is 12.9. The smallest absolute Gasteiger partial charge is 0.231 e. The van der Waals surface area contributed by atoms with Crippen molar-refractivity contribution in [3.8, 4) is 11.3 Å². The van der Waals surface area contributed by atoms with Gasteiger partial charge < -0.3 is 0 Å². The van der Waals surface area contributed by atoms with E-state index < -0.39 is 10.0 Å². The van der Waals surface area contributed by atoms with E-state index in [1.54, 1.807) is 39.9 Å². The topological polar surface area (TPSA) is 65.9 Å². The number of thiazole rings is 1. The Balaban J connectivity index is 1.28. The maximum absolute atomic E-state index is 13.6. The number of aromatic nitrogens is 1. The molecule has 0 saturated carbocycles. The highest BCUT2D eigenvalue weighted by Crippen LogP contribution is 2.40. The van der Waals surface area contributed by atoms with Gasteiger partial charge in [0.05, 0.1) is 27.2 Å². The molecule has 6 nitrogen and oxygen atoms in total. The molecule has 1 saturated heterocycles. The van der Waals surface area contributed by atoms with Gasteiger partial charge >= 0.3 is 0 Å². The van der Waals surface area contributed by atoms with Crippen molar-refractivity contribution in [3.05, 3.63) is 87.7 Å². The summed E-state index contributed by atoms with van der Waals surface area (Å²) in [5.74, 6) is -0.269. The Hall–Kier alpha value is -2.92. The number of thiophene rings is 1. The summed E-state index contributed by atoms with van der Waals surface area (Å²) in [6, 6.07) is 17.5. The Morgan fingerprint density at radius 3 is 2.38 bits per heavy atom. The summed E-state index contributed by atoms with van der Waals surface area (Å²) in [5, 5.41) is 11.6. The summed E-state index contributed by atoms with van der Waals surface area (Å²) in [6.45, 7) is 1.16. The average molecular weight is 553 g/mol. The molecule has 0 radical (unpaired) electrons. The van der Waals surface area contributed by atoms with E-state index in [1.165, 1.54) is 23.5 Å². The minimum Gasteiger partial charge on any atom is -0.231 e. The Bertz CT molecular complexity index is 1510. The highest BCUT2D eigenvalue weighted by Gasteiger charge is 2.32. The number of nitrogens with zero attached hydrogens (tertiary/aromatic N) is 4. The van der Waals surface area contributed by atoms with Crippen molar-refractivity contribution in [3.63, 3.8) is 0 Å². The first kappa shape index (κ1) is 24.4. The van der Waals surface area contributed by atoms with Crippen molar-refractivity contribution in [2.24, 2.45) is 5.10 Å². The maximum atomic E-state index is 13.6. The molecule has 1 fully saturated rings. The van der Waals surface area contributed by atoms with Crippen molar-refractivity contribution in [1.82, 2.24) is 9.29 Å². The van der Waals surface area contributed by atoms with Crippen molar-refractivity contribution in [1.29, 1.82) is 0 Å². The van der Waals surface area contributed by atoms with Gasteiger partial charge in [0.2, 0.25) is 15.2 Å². The summed E-state index contributed by atoms with van der Waals surface area (Å²) < 4.78 is 41.2. The van der Waals surface area contributed by atoms with Crippen LogP contribution < -0.4 is 5.01 Å². The van der Waals surface area contributed by atoms with Gasteiger partial charge in [0.15, 0.2) is 0 Å². The van der Waals surface area contributed by atoms with Crippen LogP contribution in [0.15, 0.2) is 81.4 Å². The van der Waals surface area contributed by atoms with Crippen LogP contribution >= 0.6 is 22.7 Å². The Morgan fingerprint density at radius 2 is 1.68 bits per heavy atom. The van der Waals surface area contributed by atoms with E-state index in [9.17, 15) is 12.8 Å². The van der Waals surface area contributed by atoms with Crippen LogP contribution in [0.5, 0.6) is 0 Å². The molecule has 4 aromatic rings. The number of sulfonamides is 1. The lowest BCUT2D eigenvalue weighted by Crippen LogP contribution is -2.35. The van der Waals surface area contributed by atoms with Crippen LogP contribution in [0.3, 0.4) is 0 Å². The molecule has 0 bridgehead atoms. The quantitative estimate of drug-likeness (QED) is 0.272. The molecular weight excluding hydrogens is 528 g/mol. The third-order valence-electron chi connectivity index (χ3n) is 6.76. The predicted octanol–water partition coefficient (Wildman–Crippen LogP) is 6.54. The number of benzene rings is 2. The molecule has 2 aromatic carbocycles. The van der Waals surface area contributed by atoms with Gasteiger partial charge in [-0.25, -0.2) is 22.8 Å². The maximum Gasteiger partial charge on any atom is 0.243 e. The minimum atomic E-state index is -3.47. The fourth-order valence-electron chi connectivity index (χ4n) is 4.78. The fourth-order valence-corrected chi connectivity index (χ4v) is 7.85. The molecule has 2 aliphatic rings. The number of rotatable bonds is 6. The van der Waals surface area contributed by atoms with Gasteiger partial charge in [-0.2, -0.15) is 9.41 Å². The van der Waals surface area contributed by atoms with Crippen molar-refractivity contribution in [2.75, 3.05) is 18.1 Å². The SMILES string of the molecule is O=S(=O)(c1ccc(-c2csc(N3N=C(c4cccs4)C[C@@H]3c3ccc(F)cc3)n2)cc1)N1CCCCC1. The van der Waals surface area contributed by atoms with Crippen LogP contribution in [-0.4, -0.2) is 36.5 Å². The molecule has 2 aromatic heterocycles.